The molecule has 1 saturated heterocycles. The Hall–Kier alpha value is -1.91. The molecule has 1 unspecified atom stereocenters. The molecule has 2 aromatic carbocycles. The summed E-state index contributed by atoms with van der Waals surface area (Å²) in [5.74, 6) is 3.21. The number of benzene rings is 2. The first-order chi connectivity index (χ1) is 12.3. The lowest BCUT2D eigenvalue weighted by atomic mass is 9.90. The van der Waals surface area contributed by atoms with Gasteiger partial charge < -0.3 is 14.2 Å². The lowest BCUT2D eigenvalue weighted by Gasteiger charge is -2.36. The van der Waals surface area contributed by atoms with E-state index in [-0.39, 0.29) is 18.5 Å². The van der Waals surface area contributed by atoms with Gasteiger partial charge in [-0.1, -0.05) is 24.3 Å². The van der Waals surface area contributed by atoms with Crippen molar-refractivity contribution in [2.24, 2.45) is 0 Å². The first-order valence-electron chi connectivity index (χ1n) is 9.06. The third-order valence-corrected chi connectivity index (χ3v) is 5.10. The summed E-state index contributed by atoms with van der Waals surface area (Å²) in [6, 6.07) is 16.4. The molecule has 5 heteroatoms. The average molecular weight is 376 g/mol. The van der Waals surface area contributed by atoms with Gasteiger partial charge in [-0.25, -0.2) is 0 Å². The molecule has 2 aliphatic heterocycles. The largest absolute Gasteiger partial charge is 0.497 e. The molecule has 0 N–H and O–H groups in total. The van der Waals surface area contributed by atoms with E-state index in [0.29, 0.717) is 12.5 Å². The molecule has 2 heterocycles. The van der Waals surface area contributed by atoms with Crippen LogP contribution >= 0.6 is 12.4 Å². The minimum atomic E-state index is 0. The van der Waals surface area contributed by atoms with Crippen molar-refractivity contribution < 1.29 is 14.2 Å². The second-order valence-corrected chi connectivity index (χ2v) is 6.87. The fourth-order valence-electron chi connectivity index (χ4n) is 3.83. The summed E-state index contributed by atoms with van der Waals surface area (Å²) in [4.78, 5) is 2.51. The Labute approximate surface area is 161 Å². The highest BCUT2D eigenvalue weighted by atomic mass is 35.5. The lowest BCUT2D eigenvalue weighted by Crippen LogP contribution is -2.44. The van der Waals surface area contributed by atoms with E-state index in [4.69, 9.17) is 14.2 Å². The maximum absolute atomic E-state index is 6.13. The van der Waals surface area contributed by atoms with Crippen LogP contribution in [0.2, 0.25) is 0 Å². The van der Waals surface area contributed by atoms with Crippen LogP contribution in [-0.4, -0.2) is 44.4 Å². The smallest absolute Gasteiger partial charge is 0.161 e. The molecule has 1 fully saturated rings. The number of nitrogens with zero attached hydrogens (tertiary/aromatic N) is 1. The number of rotatable bonds is 4. The molecule has 0 aromatic heterocycles. The van der Waals surface area contributed by atoms with Gasteiger partial charge in [0.1, 0.15) is 18.5 Å². The zero-order valence-electron chi connectivity index (χ0n) is 15.1. The Morgan fingerprint density at radius 1 is 1.12 bits per heavy atom. The van der Waals surface area contributed by atoms with Gasteiger partial charge in [-0.15, -0.1) is 12.4 Å². The number of para-hydroxylation sites is 2. The molecule has 0 saturated carbocycles. The maximum atomic E-state index is 6.13. The zero-order valence-corrected chi connectivity index (χ0v) is 15.9. The molecule has 140 valence electrons. The van der Waals surface area contributed by atoms with Crippen molar-refractivity contribution in [3.8, 4) is 17.2 Å². The van der Waals surface area contributed by atoms with E-state index in [0.717, 1.165) is 36.9 Å². The van der Waals surface area contributed by atoms with Crippen molar-refractivity contribution in [1.29, 1.82) is 0 Å². The Morgan fingerprint density at radius 3 is 2.81 bits per heavy atom. The van der Waals surface area contributed by atoms with Crippen molar-refractivity contribution in [3.63, 3.8) is 0 Å². The topological polar surface area (TPSA) is 30.9 Å². The predicted molar refractivity (Wildman–Crippen MR) is 105 cm³/mol. The Kier molecular flexibility index (Phi) is 6.28. The van der Waals surface area contributed by atoms with Gasteiger partial charge in [0.2, 0.25) is 0 Å². The molecule has 2 aliphatic rings. The summed E-state index contributed by atoms with van der Waals surface area (Å²) in [6.45, 7) is 3.72. The summed E-state index contributed by atoms with van der Waals surface area (Å²) >= 11 is 0. The number of piperidine rings is 1. The zero-order chi connectivity index (χ0) is 17.1. The van der Waals surface area contributed by atoms with E-state index in [9.17, 15) is 0 Å². The van der Waals surface area contributed by atoms with Crippen LogP contribution < -0.4 is 14.2 Å². The summed E-state index contributed by atoms with van der Waals surface area (Å²) in [6.07, 6.45) is 2.54. The molecule has 0 amide bonds. The van der Waals surface area contributed by atoms with Crippen LogP contribution in [0.15, 0.2) is 48.5 Å². The van der Waals surface area contributed by atoms with Crippen molar-refractivity contribution in [2.45, 2.75) is 24.9 Å². The average Bonchev–Trinajstić information content (AvgIpc) is 2.68. The van der Waals surface area contributed by atoms with Gasteiger partial charge >= 0.3 is 0 Å². The standard InChI is InChI=1S/C21H25NO3.ClH/c1-23-18-8-4-6-16(12-18)17-7-5-11-22(13-17)14-19-15-24-20-9-2-3-10-21(20)25-19;/h2-4,6,8-10,12,17,19H,5,7,11,13-15H2,1H3;1H/t17?,19-;/m0./s1. The highest BCUT2D eigenvalue weighted by Crippen LogP contribution is 2.32. The van der Waals surface area contributed by atoms with Gasteiger partial charge in [0.25, 0.3) is 0 Å². The van der Waals surface area contributed by atoms with Gasteiger partial charge in [-0.05, 0) is 55.1 Å². The van der Waals surface area contributed by atoms with Crippen LogP contribution in [0.25, 0.3) is 0 Å². The van der Waals surface area contributed by atoms with Crippen LogP contribution in [0.4, 0.5) is 0 Å². The highest BCUT2D eigenvalue weighted by molar-refractivity contribution is 5.85. The van der Waals surface area contributed by atoms with Gasteiger partial charge in [-0.2, -0.15) is 0 Å². The minimum absolute atomic E-state index is 0. The first-order valence-corrected chi connectivity index (χ1v) is 9.06. The van der Waals surface area contributed by atoms with E-state index < -0.39 is 0 Å². The van der Waals surface area contributed by atoms with Gasteiger partial charge in [0, 0.05) is 13.1 Å². The monoisotopic (exact) mass is 375 g/mol. The summed E-state index contributed by atoms with van der Waals surface area (Å²) in [5, 5.41) is 0. The van der Waals surface area contributed by atoms with E-state index in [1.807, 2.05) is 30.3 Å². The summed E-state index contributed by atoms with van der Waals surface area (Å²) < 4.78 is 17.4. The number of ether oxygens (including phenoxy) is 3. The molecule has 0 spiro atoms. The van der Waals surface area contributed by atoms with Gasteiger partial charge in [0.05, 0.1) is 7.11 Å². The molecule has 4 nitrogen and oxygen atoms in total. The third-order valence-electron chi connectivity index (χ3n) is 5.10. The molecule has 0 aliphatic carbocycles. The second kappa shape index (κ2) is 8.65. The molecular weight excluding hydrogens is 350 g/mol. The van der Waals surface area contributed by atoms with Crippen molar-refractivity contribution in [2.75, 3.05) is 33.4 Å². The number of hydrogen-bond donors (Lipinski definition) is 0. The lowest BCUT2D eigenvalue weighted by molar-refractivity contribution is 0.0504. The molecule has 4 rings (SSSR count). The minimum Gasteiger partial charge on any atom is -0.497 e. The quantitative estimate of drug-likeness (QED) is 0.803. The number of hydrogen-bond acceptors (Lipinski definition) is 4. The van der Waals surface area contributed by atoms with Crippen LogP contribution in [0.5, 0.6) is 17.2 Å². The van der Waals surface area contributed by atoms with E-state index in [2.05, 4.69) is 23.1 Å². The normalized spacial score (nSPS) is 22.3. The predicted octanol–water partition coefficient (Wildman–Crippen LogP) is 4.14. The maximum Gasteiger partial charge on any atom is 0.161 e. The number of fused-ring (bicyclic) bond motifs is 1. The van der Waals surface area contributed by atoms with Crippen LogP contribution in [0.3, 0.4) is 0 Å². The van der Waals surface area contributed by atoms with Crippen LogP contribution in [0, 0.1) is 0 Å². The third kappa shape index (κ3) is 4.25. The van der Waals surface area contributed by atoms with E-state index in [1.165, 1.54) is 18.4 Å². The van der Waals surface area contributed by atoms with E-state index >= 15 is 0 Å². The molecule has 2 aromatic rings. The summed E-state index contributed by atoms with van der Waals surface area (Å²) in [5.41, 5.74) is 1.37. The fourth-order valence-corrected chi connectivity index (χ4v) is 3.83. The number of halogens is 1. The summed E-state index contributed by atoms with van der Waals surface area (Å²) in [7, 11) is 1.73. The van der Waals surface area contributed by atoms with Crippen LogP contribution in [0.1, 0.15) is 24.3 Å². The van der Waals surface area contributed by atoms with Crippen molar-refractivity contribution in [3.05, 3.63) is 54.1 Å². The Morgan fingerprint density at radius 2 is 1.96 bits per heavy atom. The van der Waals surface area contributed by atoms with Gasteiger partial charge in [0.15, 0.2) is 11.5 Å². The molecular formula is C21H26ClNO3. The molecule has 2 atom stereocenters. The van der Waals surface area contributed by atoms with Crippen molar-refractivity contribution in [1.82, 2.24) is 4.90 Å². The Bertz CT molecular complexity index is 724. The van der Waals surface area contributed by atoms with E-state index in [1.54, 1.807) is 7.11 Å². The number of methoxy groups -OCH3 is 1. The number of likely N-dealkylation sites (tertiary alicyclic amines) is 1. The SMILES string of the molecule is COc1cccc(C2CCCN(C[C@H]3COc4ccccc4O3)C2)c1.Cl. The fraction of sp³-hybridized carbons (Fsp3) is 0.429. The molecule has 0 bridgehead atoms. The van der Waals surface area contributed by atoms with Crippen molar-refractivity contribution >= 4 is 12.4 Å². The highest BCUT2D eigenvalue weighted by Gasteiger charge is 2.27. The second-order valence-electron chi connectivity index (χ2n) is 6.87. The van der Waals surface area contributed by atoms with Gasteiger partial charge in [-0.3, -0.25) is 4.90 Å². The Balaban J connectivity index is 0.00000196. The molecule has 0 radical (unpaired) electrons. The molecule has 26 heavy (non-hydrogen) atoms. The van der Waals surface area contributed by atoms with Crippen LogP contribution in [-0.2, 0) is 0 Å². The first kappa shape index (κ1) is 18.9.